The zero-order chi connectivity index (χ0) is 14.2. The molecule has 4 nitrogen and oxygen atoms in total. The Labute approximate surface area is 130 Å². The summed E-state index contributed by atoms with van der Waals surface area (Å²) in [6.45, 7) is 0. The first-order chi connectivity index (χ1) is 10.3. The van der Waals surface area contributed by atoms with Crippen molar-refractivity contribution in [1.82, 2.24) is 10.4 Å². The van der Waals surface area contributed by atoms with Gasteiger partial charge >= 0.3 is 0 Å². The minimum absolute atomic E-state index is 0.546. The van der Waals surface area contributed by atoms with Gasteiger partial charge in [-0.05, 0) is 80.1 Å². The molecular weight excluding hydrogens is 280 g/mol. The van der Waals surface area contributed by atoms with Gasteiger partial charge in [0.2, 0.25) is 0 Å². The number of hydrogen-bond donors (Lipinski definition) is 2. The molecule has 4 aliphatic carbocycles. The van der Waals surface area contributed by atoms with Gasteiger partial charge in [0.15, 0.2) is 5.11 Å². The summed E-state index contributed by atoms with van der Waals surface area (Å²) < 4.78 is 0. The van der Waals surface area contributed by atoms with E-state index in [-0.39, 0.29) is 0 Å². The zero-order valence-corrected chi connectivity index (χ0v) is 12.8. The number of pyridine rings is 1. The average molecular weight is 300 g/mol. The first kappa shape index (κ1) is 13.2. The number of hydrazone groups is 1. The second-order valence-electron chi connectivity index (χ2n) is 6.65. The van der Waals surface area contributed by atoms with Crippen molar-refractivity contribution in [3.63, 3.8) is 0 Å². The second kappa shape index (κ2) is 5.37. The molecule has 4 saturated carbocycles. The van der Waals surface area contributed by atoms with Crippen molar-refractivity contribution in [2.45, 2.75) is 32.1 Å². The van der Waals surface area contributed by atoms with E-state index in [2.05, 4.69) is 20.8 Å². The van der Waals surface area contributed by atoms with Crippen LogP contribution < -0.4 is 10.7 Å². The molecule has 21 heavy (non-hydrogen) atoms. The summed E-state index contributed by atoms with van der Waals surface area (Å²) in [6.07, 6.45) is 10.3. The number of rotatable bonds is 2. The third kappa shape index (κ3) is 2.67. The van der Waals surface area contributed by atoms with Crippen molar-refractivity contribution < 1.29 is 0 Å². The average Bonchev–Trinajstić information content (AvgIpc) is 2.47. The van der Waals surface area contributed by atoms with Gasteiger partial charge in [-0.3, -0.25) is 10.4 Å². The fourth-order valence-electron chi connectivity index (χ4n) is 4.56. The van der Waals surface area contributed by atoms with Crippen LogP contribution in [0, 0.1) is 23.7 Å². The topological polar surface area (TPSA) is 49.3 Å². The second-order valence-corrected chi connectivity index (χ2v) is 7.06. The van der Waals surface area contributed by atoms with Crippen LogP contribution in [0.15, 0.2) is 29.6 Å². The highest BCUT2D eigenvalue weighted by Gasteiger charge is 2.46. The van der Waals surface area contributed by atoms with Crippen LogP contribution in [0.25, 0.3) is 0 Å². The number of aromatic nitrogens is 1. The van der Waals surface area contributed by atoms with E-state index in [4.69, 9.17) is 12.2 Å². The third-order valence-electron chi connectivity index (χ3n) is 5.18. The van der Waals surface area contributed by atoms with Gasteiger partial charge in [0, 0.05) is 11.9 Å². The standard InChI is InChI=1S/C16H20N4S/c21-16(18-14-2-1-3-17-9-14)20-19-15-12-5-10-4-11(7-12)8-13(15)6-10/h1-3,9-13H,4-8H2,(H2,18,20,21). The first-order valence-electron chi connectivity index (χ1n) is 7.82. The van der Waals surface area contributed by atoms with E-state index in [1.807, 2.05) is 12.1 Å². The van der Waals surface area contributed by atoms with E-state index in [1.54, 1.807) is 12.4 Å². The molecule has 1 aromatic heterocycles. The van der Waals surface area contributed by atoms with Crippen LogP contribution in [0.1, 0.15) is 32.1 Å². The summed E-state index contributed by atoms with van der Waals surface area (Å²) in [4.78, 5) is 4.06. The Kier molecular flexibility index (Phi) is 3.37. The third-order valence-corrected chi connectivity index (χ3v) is 5.37. The molecule has 4 fully saturated rings. The summed E-state index contributed by atoms with van der Waals surface area (Å²) in [5.41, 5.74) is 5.30. The minimum Gasteiger partial charge on any atom is -0.330 e. The molecule has 5 heteroatoms. The SMILES string of the molecule is S=C(NN=C1C2CC3CC(C2)CC1C3)Nc1cccnc1. The molecule has 0 aromatic carbocycles. The molecule has 2 N–H and O–H groups in total. The molecule has 0 aliphatic heterocycles. The Balaban J connectivity index is 1.40. The molecule has 0 unspecified atom stereocenters. The predicted molar refractivity (Wildman–Crippen MR) is 88.1 cm³/mol. The fraction of sp³-hybridized carbons (Fsp3) is 0.562. The van der Waals surface area contributed by atoms with Crippen LogP contribution in [0.5, 0.6) is 0 Å². The number of nitrogens with zero attached hydrogens (tertiary/aromatic N) is 2. The van der Waals surface area contributed by atoms with Crippen molar-refractivity contribution in [3.05, 3.63) is 24.5 Å². The van der Waals surface area contributed by atoms with Gasteiger partial charge in [-0.25, -0.2) is 0 Å². The van der Waals surface area contributed by atoms with Crippen molar-refractivity contribution >= 4 is 28.7 Å². The van der Waals surface area contributed by atoms with Crippen molar-refractivity contribution in [2.24, 2.45) is 28.8 Å². The van der Waals surface area contributed by atoms with Gasteiger partial charge in [-0.15, -0.1) is 0 Å². The van der Waals surface area contributed by atoms with E-state index in [0.29, 0.717) is 16.9 Å². The highest BCUT2D eigenvalue weighted by Crippen LogP contribution is 2.52. The Hall–Kier alpha value is -1.49. The van der Waals surface area contributed by atoms with E-state index >= 15 is 0 Å². The molecule has 0 spiro atoms. The van der Waals surface area contributed by atoms with E-state index in [9.17, 15) is 0 Å². The summed E-state index contributed by atoms with van der Waals surface area (Å²) in [7, 11) is 0. The monoisotopic (exact) mass is 300 g/mol. The molecule has 4 aliphatic rings. The summed E-state index contributed by atoms with van der Waals surface area (Å²) in [6, 6.07) is 3.83. The number of anilines is 1. The van der Waals surface area contributed by atoms with E-state index in [1.165, 1.54) is 37.8 Å². The van der Waals surface area contributed by atoms with Crippen molar-refractivity contribution in [3.8, 4) is 0 Å². The molecule has 110 valence electrons. The molecule has 0 atom stereocenters. The number of nitrogens with one attached hydrogen (secondary N) is 2. The molecular formula is C16H20N4S. The lowest BCUT2D eigenvalue weighted by Crippen LogP contribution is -2.46. The largest absolute Gasteiger partial charge is 0.330 e. The van der Waals surface area contributed by atoms with Crippen LogP contribution in [0.2, 0.25) is 0 Å². The Morgan fingerprint density at radius 1 is 1.14 bits per heavy atom. The first-order valence-corrected chi connectivity index (χ1v) is 8.23. The fourth-order valence-corrected chi connectivity index (χ4v) is 4.72. The van der Waals surface area contributed by atoms with E-state index in [0.717, 1.165) is 17.5 Å². The lowest BCUT2D eigenvalue weighted by molar-refractivity contribution is 0.108. The zero-order valence-electron chi connectivity index (χ0n) is 12.0. The van der Waals surface area contributed by atoms with Gasteiger partial charge in [-0.2, -0.15) is 5.10 Å². The van der Waals surface area contributed by atoms with Gasteiger partial charge in [0.25, 0.3) is 0 Å². The predicted octanol–water partition coefficient (Wildman–Crippen LogP) is 3.18. The van der Waals surface area contributed by atoms with Gasteiger partial charge in [0.05, 0.1) is 11.9 Å². The molecule has 0 amide bonds. The molecule has 1 aromatic rings. The number of thiocarbonyl (C=S) groups is 1. The van der Waals surface area contributed by atoms with Crippen molar-refractivity contribution in [2.75, 3.05) is 5.32 Å². The summed E-state index contributed by atoms with van der Waals surface area (Å²) in [5.74, 6) is 3.34. The number of hydrogen-bond acceptors (Lipinski definition) is 3. The quantitative estimate of drug-likeness (QED) is 0.650. The maximum atomic E-state index is 5.31. The van der Waals surface area contributed by atoms with Crippen molar-refractivity contribution in [1.29, 1.82) is 0 Å². The van der Waals surface area contributed by atoms with Gasteiger partial charge < -0.3 is 5.32 Å². The lowest BCUT2D eigenvalue weighted by atomic mass is 9.55. The maximum Gasteiger partial charge on any atom is 0.191 e. The molecule has 4 bridgehead atoms. The Morgan fingerprint density at radius 3 is 2.48 bits per heavy atom. The Bertz CT molecular complexity index is 539. The smallest absolute Gasteiger partial charge is 0.191 e. The van der Waals surface area contributed by atoms with Gasteiger partial charge in [0.1, 0.15) is 0 Å². The minimum atomic E-state index is 0.546. The van der Waals surface area contributed by atoms with Crippen LogP contribution in [0.3, 0.4) is 0 Å². The van der Waals surface area contributed by atoms with E-state index < -0.39 is 0 Å². The highest BCUT2D eigenvalue weighted by molar-refractivity contribution is 7.80. The summed E-state index contributed by atoms with van der Waals surface area (Å²) >= 11 is 5.31. The normalized spacial score (nSPS) is 32.9. The molecule has 0 radical (unpaired) electrons. The maximum absolute atomic E-state index is 5.31. The summed E-state index contributed by atoms with van der Waals surface area (Å²) in [5, 5.41) is 8.32. The van der Waals surface area contributed by atoms with Crippen LogP contribution >= 0.6 is 12.2 Å². The van der Waals surface area contributed by atoms with Gasteiger partial charge in [-0.1, -0.05) is 0 Å². The molecule has 1 heterocycles. The van der Waals surface area contributed by atoms with Crippen LogP contribution in [0.4, 0.5) is 5.69 Å². The Morgan fingerprint density at radius 2 is 1.86 bits per heavy atom. The molecule has 0 saturated heterocycles. The molecule has 5 rings (SSSR count). The highest BCUT2D eigenvalue weighted by atomic mass is 32.1. The van der Waals surface area contributed by atoms with Crippen LogP contribution in [-0.2, 0) is 0 Å². The lowest BCUT2D eigenvalue weighted by Gasteiger charge is -2.50. The van der Waals surface area contributed by atoms with Crippen LogP contribution in [-0.4, -0.2) is 15.8 Å².